The van der Waals surface area contributed by atoms with Crippen molar-refractivity contribution in [3.63, 3.8) is 0 Å². The van der Waals surface area contributed by atoms with Crippen LogP contribution in [0.3, 0.4) is 0 Å². The highest BCUT2D eigenvalue weighted by Crippen LogP contribution is 2.42. The van der Waals surface area contributed by atoms with Gasteiger partial charge in [-0.05, 0) is 129 Å². The molecule has 0 saturated heterocycles. The van der Waals surface area contributed by atoms with Crippen molar-refractivity contribution in [1.29, 1.82) is 0 Å². The molecule has 2 heterocycles. The van der Waals surface area contributed by atoms with Gasteiger partial charge >= 0.3 is 0 Å². The Labute approximate surface area is 384 Å². The lowest BCUT2D eigenvalue weighted by Crippen LogP contribution is -2.15. The number of aromatic nitrogens is 1. The zero-order chi connectivity index (χ0) is 44.1. The Balaban J connectivity index is 0.967. The van der Waals surface area contributed by atoms with E-state index in [-0.39, 0.29) is 0 Å². The smallest absolute Gasteiger partial charge is 0.143 e. The van der Waals surface area contributed by atoms with Crippen LogP contribution in [0.25, 0.3) is 99.7 Å². The van der Waals surface area contributed by atoms with Crippen molar-refractivity contribution in [2.45, 2.75) is 6.92 Å². The topological polar surface area (TPSA) is 21.3 Å². The molecule has 0 fully saturated rings. The number of anilines is 2. The Kier molecular flexibility index (Phi) is 9.54. The van der Waals surface area contributed by atoms with Crippen LogP contribution >= 0.6 is 0 Å². The average molecular weight is 845 g/mol. The van der Waals surface area contributed by atoms with Crippen LogP contribution in [-0.4, -0.2) is 4.57 Å². The standard InChI is InChI=1S/C63H44N2O/c1-3-48(41-57-42(2)28-29-45-18-10-11-21-52(45)57)64(50-35-30-43(31-36-50)47-34-39-61-58(40-47)55-25-14-24-54(63(55)66-61)44-16-6-4-7-17-44)51-37-32-46(33-38-51)53-23-15-27-60-62(53)56-22-12-13-26-59(56)65(60)49-19-8-5-9-20-49/h3-41H,1H2,2H3/b48-41+. The summed E-state index contributed by atoms with van der Waals surface area (Å²) in [6, 6.07) is 80.4. The van der Waals surface area contributed by atoms with Gasteiger partial charge in [-0.15, -0.1) is 0 Å². The molecule has 3 nitrogen and oxygen atoms in total. The molecule has 2 aromatic heterocycles. The summed E-state index contributed by atoms with van der Waals surface area (Å²) in [6.45, 7) is 6.60. The van der Waals surface area contributed by atoms with Crippen molar-refractivity contribution in [3.8, 4) is 39.1 Å². The molecular weight excluding hydrogens is 801 g/mol. The van der Waals surface area contributed by atoms with E-state index in [2.05, 4.69) is 247 Å². The Morgan fingerprint density at radius 1 is 0.485 bits per heavy atom. The minimum atomic E-state index is 0.881. The Morgan fingerprint density at radius 2 is 1.09 bits per heavy atom. The number of furan rings is 1. The summed E-state index contributed by atoms with van der Waals surface area (Å²) in [4.78, 5) is 2.32. The van der Waals surface area contributed by atoms with Gasteiger partial charge in [-0.2, -0.15) is 0 Å². The van der Waals surface area contributed by atoms with Crippen LogP contribution in [0.1, 0.15) is 11.1 Å². The van der Waals surface area contributed by atoms with Crippen LogP contribution in [0.5, 0.6) is 0 Å². The highest BCUT2D eigenvalue weighted by atomic mass is 16.3. The van der Waals surface area contributed by atoms with Gasteiger partial charge in [0.1, 0.15) is 11.2 Å². The van der Waals surface area contributed by atoms with Crippen molar-refractivity contribution >= 4 is 72.0 Å². The molecule has 0 unspecified atom stereocenters. The third-order valence-corrected chi connectivity index (χ3v) is 13.1. The number of aryl methyl sites for hydroxylation is 1. The Hall–Kier alpha value is -8.66. The molecule has 0 saturated carbocycles. The first-order valence-electron chi connectivity index (χ1n) is 22.5. The predicted octanol–water partition coefficient (Wildman–Crippen LogP) is 17.5. The van der Waals surface area contributed by atoms with Gasteiger partial charge in [-0.25, -0.2) is 0 Å². The van der Waals surface area contributed by atoms with Crippen molar-refractivity contribution in [3.05, 3.63) is 254 Å². The lowest BCUT2D eigenvalue weighted by Gasteiger charge is -2.27. The molecule has 0 radical (unpaired) electrons. The first kappa shape index (κ1) is 39.0. The van der Waals surface area contributed by atoms with Crippen LogP contribution in [0.4, 0.5) is 11.4 Å². The number of rotatable bonds is 9. The zero-order valence-corrected chi connectivity index (χ0v) is 36.5. The molecule has 3 heteroatoms. The average Bonchev–Trinajstić information content (AvgIpc) is 3.93. The zero-order valence-electron chi connectivity index (χ0n) is 36.5. The molecule has 0 N–H and O–H groups in total. The number of fused-ring (bicyclic) bond motifs is 7. The highest BCUT2D eigenvalue weighted by Gasteiger charge is 2.19. The van der Waals surface area contributed by atoms with Gasteiger partial charge in [0.25, 0.3) is 0 Å². The molecular formula is C63H44N2O. The van der Waals surface area contributed by atoms with Crippen LogP contribution in [0.2, 0.25) is 0 Å². The second-order valence-corrected chi connectivity index (χ2v) is 17.0. The van der Waals surface area contributed by atoms with E-state index in [4.69, 9.17) is 4.42 Å². The van der Waals surface area contributed by atoms with Crippen molar-refractivity contribution in [2.24, 2.45) is 0 Å². The maximum Gasteiger partial charge on any atom is 0.143 e. The van der Waals surface area contributed by atoms with E-state index in [1.165, 1.54) is 49.3 Å². The molecule has 0 aliphatic rings. The summed E-state index contributed by atoms with van der Waals surface area (Å²) in [5.74, 6) is 0. The van der Waals surface area contributed by atoms with Crippen molar-refractivity contribution in [2.75, 3.05) is 4.90 Å². The maximum atomic E-state index is 6.52. The first-order chi connectivity index (χ1) is 32.6. The third kappa shape index (κ3) is 6.60. The van der Waals surface area contributed by atoms with Gasteiger partial charge in [-0.1, -0.05) is 170 Å². The number of hydrogen-bond acceptors (Lipinski definition) is 2. The van der Waals surface area contributed by atoms with E-state index in [0.717, 1.165) is 72.5 Å². The van der Waals surface area contributed by atoms with Crippen LogP contribution < -0.4 is 4.90 Å². The van der Waals surface area contributed by atoms with Gasteiger partial charge in [0.15, 0.2) is 0 Å². The molecule has 0 aliphatic heterocycles. The molecule has 0 atom stereocenters. The molecule has 10 aromatic carbocycles. The molecule has 0 amide bonds. The quantitative estimate of drug-likeness (QED) is 0.135. The number of para-hydroxylation sites is 3. The molecule has 12 aromatic rings. The molecule has 12 rings (SSSR count). The van der Waals surface area contributed by atoms with E-state index >= 15 is 0 Å². The van der Waals surface area contributed by atoms with Gasteiger partial charge in [0.2, 0.25) is 0 Å². The summed E-state index contributed by atoms with van der Waals surface area (Å²) in [6.07, 6.45) is 4.26. The SMILES string of the molecule is C=C/C(=C\c1c(C)ccc2ccccc12)N(c1ccc(-c2ccc3oc4c(-c5ccccc5)cccc4c3c2)cc1)c1ccc(-c2cccc3c2c2ccccc2n3-c2ccccc2)cc1. The monoisotopic (exact) mass is 844 g/mol. The maximum absolute atomic E-state index is 6.52. The fraction of sp³-hybridized carbons (Fsp3) is 0.0159. The van der Waals surface area contributed by atoms with Gasteiger partial charge in [0.05, 0.1) is 11.0 Å². The highest BCUT2D eigenvalue weighted by molar-refractivity contribution is 6.16. The van der Waals surface area contributed by atoms with Crippen LogP contribution in [-0.2, 0) is 0 Å². The van der Waals surface area contributed by atoms with E-state index in [0.29, 0.717) is 0 Å². The van der Waals surface area contributed by atoms with Gasteiger partial charge in [0, 0.05) is 49.9 Å². The predicted molar refractivity (Wildman–Crippen MR) is 280 cm³/mol. The summed E-state index contributed by atoms with van der Waals surface area (Å²) < 4.78 is 8.90. The summed E-state index contributed by atoms with van der Waals surface area (Å²) >= 11 is 0. The Morgan fingerprint density at radius 3 is 1.86 bits per heavy atom. The lowest BCUT2D eigenvalue weighted by molar-refractivity contribution is 0.670. The van der Waals surface area contributed by atoms with Crippen molar-refractivity contribution < 1.29 is 4.42 Å². The number of allylic oxidation sites excluding steroid dienone is 1. The molecule has 0 aliphatic carbocycles. The number of hydrogen-bond donors (Lipinski definition) is 0. The summed E-state index contributed by atoms with van der Waals surface area (Å²) in [5, 5.41) is 7.12. The fourth-order valence-corrected chi connectivity index (χ4v) is 9.94. The lowest BCUT2D eigenvalue weighted by atomic mass is 9.97. The third-order valence-electron chi connectivity index (χ3n) is 13.1. The second-order valence-electron chi connectivity index (χ2n) is 17.0. The minimum Gasteiger partial charge on any atom is -0.455 e. The molecule has 0 bridgehead atoms. The van der Waals surface area contributed by atoms with E-state index < -0.39 is 0 Å². The second kappa shape index (κ2) is 16.2. The van der Waals surface area contributed by atoms with E-state index in [1.54, 1.807) is 0 Å². The van der Waals surface area contributed by atoms with Gasteiger partial charge in [-0.3, -0.25) is 0 Å². The minimum absolute atomic E-state index is 0.881. The summed E-state index contributed by atoms with van der Waals surface area (Å²) in [7, 11) is 0. The molecule has 312 valence electrons. The van der Waals surface area contributed by atoms with Crippen LogP contribution in [0, 0.1) is 6.92 Å². The first-order valence-corrected chi connectivity index (χ1v) is 22.5. The largest absolute Gasteiger partial charge is 0.455 e. The normalized spacial score (nSPS) is 11.9. The summed E-state index contributed by atoms with van der Waals surface area (Å²) in [5.41, 5.74) is 17.6. The fourth-order valence-electron chi connectivity index (χ4n) is 9.94. The Bertz CT molecular complexity index is 3820. The number of benzene rings is 10. The van der Waals surface area contributed by atoms with Gasteiger partial charge < -0.3 is 13.9 Å². The molecule has 0 spiro atoms. The van der Waals surface area contributed by atoms with E-state index in [9.17, 15) is 0 Å². The van der Waals surface area contributed by atoms with Crippen molar-refractivity contribution in [1.82, 2.24) is 4.57 Å². The molecule has 66 heavy (non-hydrogen) atoms. The number of nitrogens with zero attached hydrogens (tertiary/aromatic N) is 2. The van der Waals surface area contributed by atoms with E-state index in [1.807, 2.05) is 12.1 Å². The van der Waals surface area contributed by atoms with Crippen LogP contribution in [0.15, 0.2) is 247 Å².